The second kappa shape index (κ2) is 6.83. The van der Waals surface area contributed by atoms with Gasteiger partial charge in [-0.2, -0.15) is 0 Å². The standard InChI is InChI=1S/C21H27N5O/c1-14-5-9-26(10-6-14)19-12-18(24-13-25-19)20(23)16-11-15(3-4-17(16)22)27-21(2)7-8-21/h3-4,11-14,23H,5-10,22H2,1-2H3. The van der Waals surface area contributed by atoms with E-state index in [1.165, 1.54) is 12.8 Å². The van der Waals surface area contributed by atoms with Gasteiger partial charge in [0.05, 0.1) is 11.4 Å². The zero-order chi connectivity index (χ0) is 19.0. The van der Waals surface area contributed by atoms with Gasteiger partial charge in [0.2, 0.25) is 0 Å². The van der Waals surface area contributed by atoms with E-state index in [0.29, 0.717) is 22.7 Å². The number of benzene rings is 1. The molecule has 6 nitrogen and oxygen atoms in total. The van der Waals surface area contributed by atoms with E-state index in [1.54, 1.807) is 12.4 Å². The Labute approximate surface area is 160 Å². The summed E-state index contributed by atoms with van der Waals surface area (Å²) in [5.41, 5.74) is 8.17. The lowest BCUT2D eigenvalue weighted by molar-refractivity contribution is 0.200. The molecule has 142 valence electrons. The fourth-order valence-corrected chi connectivity index (χ4v) is 3.41. The highest BCUT2D eigenvalue weighted by molar-refractivity contribution is 6.13. The SMILES string of the molecule is CC1CCN(c2cc(C(=N)c3cc(OC4(C)CC4)ccc3N)ncn2)CC1. The first-order chi connectivity index (χ1) is 12.9. The van der Waals surface area contributed by atoms with Crippen molar-refractivity contribution < 1.29 is 4.74 Å². The monoisotopic (exact) mass is 365 g/mol. The first-order valence-electron chi connectivity index (χ1n) is 9.68. The summed E-state index contributed by atoms with van der Waals surface area (Å²) in [6.45, 7) is 6.38. The van der Waals surface area contributed by atoms with Gasteiger partial charge in [0.25, 0.3) is 0 Å². The van der Waals surface area contributed by atoms with Gasteiger partial charge in [0.1, 0.15) is 23.5 Å². The van der Waals surface area contributed by atoms with Crippen LogP contribution in [0.2, 0.25) is 0 Å². The van der Waals surface area contributed by atoms with E-state index >= 15 is 0 Å². The molecule has 1 aromatic carbocycles. The van der Waals surface area contributed by atoms with Crippen LogP contribution in [0.15, 0.2) is 30.6 Å². The average Bonchev–Trinajstić information content (AvgIpc) is 3.40. The van der Waals surface area contributed by atoms with Gasteiger partial charge in [0, 0.05) is 30.4 Å². The quantitative estimate of drug-likeness (QED) is 0.624. The summed E-state index contributed by atoms with van der Waals surface area (Å²) in [4.78, 5) is 11.0. The van der Waals surface area contributed by atoms with Gasteiger partial charge < -0.3 is 15.4 Å². The molecule has 0 amide bonds. The Balaban J connectivity index is 1.57. The number of anilines is 2. The minimum absolute atomic E-state index is 0.0664. The first kappa shape index (κ1) is 17.8. The van der Waals surface area contributed by atoms with Crippen LogP contribution in [0.3, 0.4) is 0 Å². The first-order valence-corrected chi connectivity index (χ1v) is 9.68. The molecule has 4 rings (SSSR count). The van der Waals surface area contributed by atoms with E-state index in [4.69, 9.17) is 15.9 Å². The molecule has 0 bridgehead atoms. The maximum absolute atomic E-state index is 8.65. The number of nitrogens with two attached hydrogens (primary N) is 1. The topological polar surface area (TPSA) is 88.1 Å². The molecule has 0 radical (unpaired) electrons. The van der Waals surface area contributed by atoms with Gasteiger partial charge in [-0.3, -0.25) is 5.41 Å². The second-order valence-electron chi connectivity index (χ2n) is 8.11. The molecule has 2 aliphatic rings. The lowest BCUT2D eigenvalue weighted by Crippen LogP contribution is -2.33. The smallest absolute Gasteiger partial charge is 0.132 e. The molecule has 0 unspecified atom stereocenters. The molecular weight excluding hydrogens is 338 g/mol. The van der Waals surface area contributed by atoms with E-state index in [2.05, 4.69) is 28.7 Å². The summed E-state index contributed by atoms with van der Waals surface area (Å²) in [6.07, 6.45) is 6.00. The van der Waals surface area contributed by atoms with E-state index in [9.17, 15) is 0 Å². The zero-order valence-corrected chi connectivity index (χ0v) is 16.0. The number of rotatable bonds is 5. The van der Waals surface area contributed by atoms with Crippen LogP contribution in [-0.4, -0.2) is 34.4 Å². The third-order valence-corrected chi connectivity index (χ3v) is 5.63. The summed E-state index contributed by atoms with van der Waals surface area (Å²) >= 11 is 0. The maximum Gasteiger partial charge on any atom is 0.132 e. The lowest BCUT2D eigenvalue weighted by atomic mass is 9.99. The van der Waals surface area contributed by atoms with Crippen LogP contribution >= 0.6 is 0 Å². The number of hydrogen-bond acceptors (Lipinski definition) is 6. The van der Waals surface area contributed by atoms with Crippen molar-refractivity contribution in [3.63, 3.8) is 0 Å². The minimum atomic E-state index is -0.0664. The molecule has 0 atom stereocenters. The van der Waals surface area contributed by atoms with Crippen molar-refractivity contribution in [3.8, 4) is 5.75 Å². The van der Waals surface area contributed by atoms with Crippen molar-refractivity contribution in [2.24, 2.45) is 5.92 Å². The molecular formula is C21H27N5O. The number of nitrogens with zero attached hydrogens (tertiary/aromatic N) is 3. The third kappa shape index (κ3) is 3.89. The lowest BCUT2D eigenvalue weighted by Gasteiger charge is -2.31. The Morgan fingerprint density at radius 1 is 1.22 bits per heavy atom. The Morgan fingerprint density at radius 2 is 1.96 bits per heavy atom. The molecule has 6 heteroatoms. The highest BCUT2D eigenvalue weighted by atomic mass is 16.5. The van der Waals surface area contributed by atoms with E-state index in [1.807, 2.05) is 18.2 Å². The number of aromatic nitrogens is 2. The largest absolute Gasteiger partial charge is 0.488 e. The summed E-state index contributed by atoms with van der Waals surface area (Å²) in [5, 5.41) is 8.65. The number of ether oxygens (including phenoxy) is 1. The van der Waals surface area contributed by atoms with Gasteiger partial charge in [-0.25, -0.2) is 9.97 Å². The second-order valence-corrected chi connectivity index (χ2v) is 8.11. The van der Waals surface area contributed by atoms with Crippen LogP contribution in [0.25, 0.3) is 0 Å². The number of nitrogen functional groups attached to an aromatic ring is 1. The van der Waals surface area contributed by atoms with Crippen molar-refractivity contribution in [1.82, 2.24) is 9.97 Å². The Hall–Kier alpha value is -2.63. The van der Waals surface area contributed by atoms with Crippen LogP contribution in [0.4, 0.5) is 11.5 Å². The molecule has 2 heterocycles. The summed E-state index contributed by atoms with van der Waals surface area (Å²) in [6, 6.07) is 7.42. The Kier molecular flexibility index (Phi) is 4.50. The van der Waals surface area contributed by atoms with Gasteiger partial charge in [-0.15, -0.1) is 0 Å². The van der Waals surface area contributed by atoms with Gasteiger partial charge in [-0.05, 0) is 56.7 Å². The molecule has 2 aromatic rings. The number of piperidine rings is 1. The fourth-order valence-electron chi connectivity index (χ4n) is 3.41. The molecule has 1 aliphatic heterocycles. The Morgan fingerprint density at radius 3 is 2.67 bits per heavy atom. The van der Waals surface area contributed by atoms with Crippen molar-refractivity contribution in [1.29, 1.82) is 5.41 Å². The van der Waals surface area contributed by atoms with Crippen molar-refractivity contribution in [2.75, 3.05) is 23.7 Å². The van der Waals surface area contributed by atoms with E-state index < -0.39 is 0 Å². The van der Waals surface area contributed by atoms with Crippen molar-refractivity contribution in [2.45, 2.75) is 45.1 Å². The molecule has 1 saturated carbocycles. The average molecular weight is 365 g/mol. The fraction of sp³-hybridized carbons (Fsp3) is 0.476. The molecule has 2 fully saturated rings. The number of hydrogen-bond donors (Lipinski definition) is 2. The molecule has 1 saturated heterocycles. The third-order valence-electron chi connectivity index (χ3n) is 5.63. The highest BCUT2D eigenvalue weighted by Crippen LogP contribution is 2.40. The van der Waals surface area contributed by atoms with Crippen LogP contribution in [-0.2, 0) is 0 Å². The summed E-state index contributed by atoms with van der Waals surface area (Å²) in [7, 11) is 0. The molecule has 0 spiro atoms. The van der Waals surface area contributed by atoms with Gasteiger partial charge in [0.15, 0.2) is 0 Å². The van der Waals surface area contributed by atoms with Crippen LogP contribution < -0.4 is 15.4 Å². The Bertz CT molecular complexity index is 853. The maximum atomic E-state index is 8.65. The minimum Gasteiger partial charge on any atom is -0.488 e. The molecule has 27 heavy (non-hydrogen) atoms. The normalized spacial score (nSPS) is 19.0. The molecule has 3 N–H and O–H groups in total. The van der Waals surface area contributed by atoms with E-state index in [-0.39, 0.29) is 5.60 Å². The predicted octanol–water partition coefficient (Wildman–Crippen LogP) is 3.64. The van der Waals surface area contributed by atoms with Crippen LogP contribution in [0.5, 0.6) is 5.75 Å². The van der Waals surface area contributed by atoms with Gasteiger partial charge in [-0.1, -0.05) is 6.92 Å². The van der Waals surface area contributed by atoms with Crippen LogP contribution in [0.1, 0.15) is 50.8 Å². The van der Waals surface area contributed by atoms with E-state index in [0.717, 1.165) is 43.4 Å². The highest BCUT2D eigenvalue weighted by Gasteiger charge is 2.40. The number of nitrogens with one attached hydrogen (secondary N) is 1. The summed E-state index contributed by atoms with van der Waals surface area (Å²) < 4.78 is 6.03. The summed E-state index contributed by atoms with van der Waals surface area (Å²) in [5.74, 6) is 2.40. The zero-order valence-electron chi connectivity index (χ0n) is 16.0. The van der Waals surface area contributed by atoms with Crippen molar-refractivity contribution in [3.05, 3.63) is 41.9 Å². The van der Waals surface area contributed by atoms with Gasteiger partial charge >= 0.3 is 0 Å². The van der Waals surface area contributed by atoms with Crippen molar-refractivity contribution >= 4 is 17.2 Å². The van der Waals surface area contributed by atoms with Crippen LogP contribution in [0, 0.1) is 11.3 Å². The predicted molar refractivity (Wildman–Crippen MR) is 108 cm³/mol. The molecule has 1 aliphatic carbocycles. The molecule has 1 aromatic heterocycles.